The first-order valence-corrected chi connectivity index (χ1v) is 11.5. The quantitative estimate of drug-likeness (QED) is 0.386. The third kappa shape index (κ3) is 4.64. The molecule has 2 aromatic carbocycles. The normalized spacial score (nSPS) is 19.6. The minimum Gasteiger partial charge on any atom is -0.462 e. The molecular weight excluding hydrogens is 432 g/mol. The van der Waals surface area contributed by atoms with E-state index < -0.39 is 11.9 Å². The number of ether oxygens (including phenoxy) is 1. The standard InChI is InChI=1S/C27H28N2O5/c1-16(2)15-34-27(33)18-9-11-19(12-10-18)28-24(30)21-6-4-5-7-23(21)29-25(31)20-13-8-17(3)14-22(20)26(29)32/h4-12,16,20,22H,13-15H2,1-3H3,(H,28,30)/t20-,22-/m1/s1. The van der Waals surface area contributed by atoms with E-state index in [1.165, 1.54) is 4.90 Å². The summed E-state index contributed by atoms with van der Waals surface area (Å²) in [5, 5.41) is 2.79. The van der Waals surface area contributed by atoms with Crippen molar-refractivity contribution in [2.24, 2.45) is 17.8 Å². The molecular formula is C27H28N2O5. The molecule has 1 saturated heterocycles. The highest BCUT2D eigenvalue weighted by Gasteiger charge is 2.49. The lowest BCUT2D eigenvalue weighted by atomic mass is 9.82. The Hall–Kier alpha value is -3.74. The van der Waals surface area contributed by atoms with Gasteiger partial charge in [-0.3, -0.25) is 14.4 Å². The number of allylic oxidation sites excluding steroid dienone is 2. The Bertz CT molecular complexity index is 1170. The fourth-order valence-corrected chi connectivity index (χ4v) is 4.35. The van der Waals surface area contributed by atoms with Gasteiger partial charge in [-0.25, -0.2) is 9.69 Å². The summed E-state index contributed by atoms with van der Waals surface area (Å²) in [6.45, 7) is 6.21. The van der Waals surface area contributed by atoms with E-state index in [1.807, 2.05) is 26.8 Å². The summed E-state index contributed by atoms with van der Waals surface area (Å²) < 4.78 is 5.22. The monoisotopic (exact) mass is 460 g/mol. The van der Waals surface area contributed by atoms with Crippen molar-refractivity contribution in [2.45, 2.75) is 33.6 Å². The number of rotatable bonds is 6. The zero-order valence-corrected chi connectivity index (χ0v) is 19.5. The van der Waals surface area contributed by atoms with Gasteiger partial charge in [0.1, 0.15) is 0 Å². The molecule has 0 radical (unpaired) electrons. The van der Waals surface area contributed by atoms with Crippen LogP contribution in [0.1, 0.15) is 54.3 Å². The molecule has 1 fully saturated rings. The number of esters is 1. The van der Waals surface area contributed by atoms with Crippen LogP contribution < -0.4 is 10.2 Å². The highest BCUT2D eigenvalue weighted by atomic mass is 16.5. The number of carbonyl (C=O) groups is 4. The predicted molar refractivity (Wildman–Crippen MR) is 128 cm³/mol. The molecule has 2 aromatic rings. The van der Waals surface area contributed by atoms with Crippen molar-refractivity contribution in [3.05, 3.63) is 71.3 Å². The van der Waals surface area contributed by atoms with Crippen LogP contribution in [0.15, 0.2) is 60.2 Å². The molecule has 0 saturated carbocycles. The molecule has 7 nitrogen and oxygen atoms in total. The number of nitrogens with zero attached hydrogens (tertiary/aromatic N) is 1. The topological polar surface area (TPSA) is 92.8 Å². The number of benzene rings is 2. The fourth-order valence-electron chi connectivity index (χ4n) is 4.35. The second-order valence-corrected chi connectivity index (χ2v) is 9.26. The minimum absolute atomic E-state index is 0.230. The maximum absolute atomic E-state index is 13.1. The molecule has 34 heavy (non-hydrogen) atoms. The second kappa shape index (κ2) is 9.63. The molecule has 1 aliphatic heterocycles. The Morgan fingerprint density at radius 1 is 1.03 bits per heavy atom. The van der Waals surface area contributed by atoms with E-state index in [2.05, 4.69) is 5.32 Å². The lowest BCUT2D eigenvalue weighted by molar-refractivity contribution is -0.122. The van der Waals surface area contributed by atoms with Crippen molar-refractivity contribution < 1.29 is 23.9 Å². The predicted octanol–water partition coefficient (Wildman–Crippen LogP) is 4.60. The molecule has 0 unspecified atom stereocenters. The summed E-state index contributed by atoms with van der Waals surface area (Å²) in [4.78, 5) is 52.6. The first-order valence-electron chi connectivity index (χ1n) is 11.5. The molecule has 1 aliphatic carbocycles. The lowest BCUT2D eigenvalue weighted by Gasteiger charge is -2.19. The number of hydrogen-bond acceptors (Lipinski definition) is 5. The fraction of sp³-hybridized carbons (Fsp3) is 0.333. The van der Waals surface area contributed by atoms with Crippen LogP contribution in [0.4, 0.5) is 11.4 Å². The first-order chi connectivity index (χ1) is 16.3. The van der Waals surface area contributed by atoms with E-state index >= 15 is 0 Å². The van der Waals surface area contributed by atoms with E-state index in [0.717, 1.165) is 5.57 Å². The van der Waals surface area contributed by atoms with Gasteiger partial charge in [-0.05, 0) is 62.1 Å². The van der Waals surface area contributed by atoms with Gasteiger partial charge in [0.15, 0.2) is 0 Å². The number of imide groups is 1. The van der Waals surface area contributed by atoms with E-state index in [9.17, 15) is 19.2 Å². The van der Waals surface area contributed by atoms with Gasteiger partial charge in [0.05, 0.1) is 35.3 Å². The largest absolute Gasteiger partial charge is 0.462 e. The number of fused-ring (bicyclic) bond motifs is 1. The zero-order chi connectivity index (χ0) is 24.4. The van der Waals surface area contributed by atoms with E-state index in [-0.39, 0.29) is 40.8 Å². The molecule has 4 rings (SSSR count). The summed E-state index contributed by atoms with van der Waals surface area (Å²) in [5.41, 5.74) is 2.49. The third-order valence-electron chi connectivity index (χ3n) is 6.14. The minimum atomic E-state index is -0.449. The van der Waals surface area contributed by atoms with Gasteiger partial charge in [0.2, 0.25) is 11.8 Å². The summed E-state index contributed by atoms with van der Waals surface area (Å²) >= 11 is 0. The van der Waals surface area contributed by atoms with Crippen molar-refractivity contribution in [1.29, 1.82) is 0 Å². The van der Waals surface area contributed by atoms with Crippen molar-refractivity contribution >= 4 is 35.1 Å². The van der Waals surface area contributed by atoms with Crippen LogP contribution in [0.5, 0.6) is 0 Å². The van der Waals surface area contributed by atoms with Gasteiger partial charge >= 0.3 is 5.97 Å². The highest BCUT2D eigenvalue weighted by molar-refractivity contribution is 6.25. The van der Waals surface area contributed by atoms with Gasteiger partial charge in [0.25, 0.3) is 5.91 Å². The Balaban J connectivity index is 1.51. The summed E-state index contributed by atoms with van der Waals surface area (Å²) in [6.07, 6.45) is 3.11. The molecule has 2 aliphatic rings. The van der Waals surface area contributed by atoms with Crippen LogP contribution in [0.2, 0.25) is 0 Å². The molecule has 0 bridgehead atoms. The summed E-state index contributed by atoms with van der Waals surface area (Å²) in [5.74, 6) is -1.91. The average Bonchev–Trinajstić information content (AvgIpc) is 3.07. The van der Waals surface area contributed by atoms with Crippen LogP contribution in [-0.4, -0.2) is 30.3 Å². The first kappa shape index (κ1) is 23.4. The molecule has 0 aromatic heterocycles. The number of carbonyl (C=O) groups excluding carboxylic acids is 4. The SMILES string of the molecule is CC1=CC[C@H]2C(=O)N(c3ccccc3C(=O)Nc3ccc(C(=O)OCC(C)C)cc3)C(=O)[C@@H]2C1. The number of nitrogens with one attached hydrogen (secondary N) is 1. The molecule has 7 heteroatoms. The summed E-state index contributed by atoms with van der Waals surface area (Å²) in [7, 11) is 0. The average molecular weight is 461 g/mol. The Morgan fingerprint density at radius 3 is 2.41 bits per heavy atom. The molecule has 2 atom stereocenters. The lowest BCUT2D eigenvalue weighted by Crippen LogP contribution is -2.33. The molecule has 3 amide bonds. The number of hydrogen-bond donors (Lipinski definition) is 1. The van der Waals surface area contributed by atoms with Crippen molar-refractivity contribution in [2.75, 3.05) is 16.8 Å². The van der Waals surface area contributed by atoms with Gasteiger partial charge in [-0.1, -0.05) is 37.6 Å². The summed E-state index contributed by atoms with van der Waals surface area (Å²) in [6, 6.07) is 13.0. The maximum atomic E-state index is 13.1. The van der Waals surface area contributed by atoms with Crippen molar-refractivity contribution in [1.82, 2.24) is 0 Å². The zero-order valence-electron chi connectivity index (χ0n) is 19.5. The van der Waals surface area contributed by atoms with Crippen LogP contribution in [0.25, 0.3) is 0 Å². The molecule has 176 valence electrons. The Kier molecular flexibility index (Phi) is 6.63. The van der Waals surface area contributed by atoms with Gasteiger partial charge < -0.3 is 10.1 Å². The Labute approximate surface area is 198 Å². The van der Waals surface area contributed by atoms with E-state index in [1.54, 1.807) is 48.5 Å². The number of amides is 3. The Morgan fingerprint density at radius 2 is 1.71 bits per heavy atom. The van der Waals surface area contributed by atoms with Crippen molar-refractivity contribution in [3.8, 4) is 0 Å². The molecule has 1 N–H and O–H groups in total. The highest BCUT2D eigenvalue weighted by Crippen LogP contribution is 2.40. The molecule has 0 spiro atoms. The van der Waals surface area contributed by atoms with E-state index in [4.69, 9.17) is 4.74 Å². The van der Waals surface area contributed by atoms with Crippen LogP contribution >= 0.6 is 0 Å². The smallest absolute Gasteiger partial charge is 0.338 e. The van der Waals surface area contributed by atoms with Crippen LogP contribution in [-0.2, 0) is 14.3 Å². The molecule has 1 heterocycles. The third-order valence-corrected chi connectivity index (χ3v) is 6.14. The van der Waals surface area contributed by atoms with Crippen molar-refractivity contribution in [3.63, 3.8) is 0 Å². The van der Waals surface area contributed by atoms with Crippen LogP contribution in [0, 0.1) is 17.8 Å². The number of para-hydroxylation sites is 1. The maximum Gasteiger partial charge on any atom is 0.338 e. The second-order valence-electron chi connectivity index (χ2n) is 9.26. The van der Waals surface area contributed by atoms with Gasteiger partial charge in [-0.2, -0.15) is 0 Å². The van der Waals surface area contributed by atoms with Gasteiger partial charge in [0, 0.05) is 5.69 Å². The number of anilines is 2. The van der Waals surface area contributed by atoms with Crippen LogP contribution in [0.3, 0.4) is 0 Å². The van der Waals surface area contributed by atoms with E-state index in [0.29, 0.717) is 30.7 Å². The van der Waals surface area contributed by atoms with Gasteiger partial charge in [-0.15, -0.1) is 0 Å².